The van der Waals surface area contributed by atoms with Crippen LogP contribution in [0.15, 0.2) is 72.9 Å². The number of amides is 2. The fourth-order valence-electron chi connectivity index (χ4n) is 2.59. The Balaban J connectivity index is 1.73. The zero-order valence-corrected chi connectivity index (χ0v) is 15.1. The van der Waals surface area contributed by atoms with Crippen LogP contribution in [0.1, 0.15) is 17.4 Å². The van der Waals surface area contributed by atoms with Gasteiger partial charge in [-0.05, 0) is 48.5 Å². The monoisotopic (exact) mass is 360 g/mol. The zero-order valence-electron chi connectivity index (χ0n) is 15.1. The summed E-state index contributed by atoms with van der Waals surface area (Å²) in [5, 5.41) is 5.49. The smallest absolute Gasteiger partial charge is 0.274 e. The molecular weight excluding hydrogens is 340 g/mol. The minimum absolute atomic E-state index is 0.143. The summed E-state index contributed by atoms with van der Waals surface area (Å²) >= 11 is 0. The molecule has 3 aromatic rings. The van der Waals surface area contributed by atoms with E-state index in [0.29, 0.717) is 17.1 Å². The highest BCUT2D eigenvalue weighted by molar-refractivity contribution is 6.03. The standard InChI is InChI=1S/C21H20N4O2/c1-15(26)23-16-8-10-17(11-9-16)24-21(27)20-14-19(12-13-22-20)25(2)18-6-4-3-5-7-18/h3-14H,1-2H3,(H,23,26)(H,24,27). The summed E-state index contributed by atoms with van der Waals surface area (Å²) < 4.78 is 0. The molecule has 0 saturated heterocycles. The number of rotatable bonds is 5. The summed E-state index contributed by atoms with van der Waals surface area (Å²) in [6, 6.07) is 20.4. The van der Waals surface area contributed by atoms with Crippen LogP contribution in [0.5, 0.6) is 0 Å². The number of para-hydroxylation sites is 1. The summed E-state index contributed by atoms with van der Waals surface area (Å²) in [6.45, 7) is 1.45. The number of pyridine rings is 1. The fraction of sp³-hybridized carbons (Fsp3) is 0.0952. The van der Waals surface area contributed by atoms with E-state index in [-0.39, 0.29) is 11.8 Å². The van der Waals surface area contributed by atoms with Crippen molar-refractivity contribution in [2.45, 2.75) is 6.92 Å². The molecule has 1 heterocycles. The van der Waals surface area contributed by atoms with Gasteiger partial charge < -0.3 is 15.5 Å². The van der Waals surface area contributed by atoms with E-state index in [1.54, 1.807) is 36.5 Å². The number of anilines is 4. The first-order valence-corrected chi connectivity index (χ1v) is 8.47. The number of hydrogen-bond donors (Lipinski definition) is 2. The van der Waals surface area contributed by atoms with Crippen LogP contribution >= 0.6 is 0 Å². The molecule has 0 atom stereocenters. The fourth-order valence-corrected chi connectivity index (χ4v) is 2.59. The van der Waals surface area contributed by atoms with E-state index in [1.807, 2.05) is 48.3 Å². The van der Waals surface area contributed by atoms with Crippen LogP contribution in [0.4, 0.5) is 22.7 Å². The molecule has 0 aliphatic carbocycles. The number of nitrogens with zero attached hydrogens (tertiary/aromatic N) is 2. The normalized spacial score (nSPS) is 10.1. The van der Waals surface area contributed by atoms with E-state index in [1.165, 1.54) is 6.92 Å². The first kappa shape index (κ1) is 18.1. The second kappa shape index (κ2) is 8.14. The predicted molar refractivity (Wildman–Crippen MR) is 107 cm³/mol. The van der Waals surface area contributed by atoms with Gasteiger partial charge in [0.2, 0.25) is 5.91 Å². The topological polar surface area (TPSA) is 74.3 Å². The lowest BCUT2D eigenvalue weighted by atomic mass is 10.2. The van der Waals surface area contributed by atoms with Gasteiger partial charge in [-0.2, -0.15) is 0 Å². The Kier molecular flexibility index (Phi) is 5.47. The van der Waals surface area contributed by atoms with Crippen molar-refractivity contribution < 1.29 is 9.59 Å². The highest BCUT2D eigenvalue weighted by Crippen LogP contribution is 2.23. The maximum atomic E-state index is 12.5. The van der Waals surface area contributed by atoms with Gasteiger partial charge in [0, 0.05) is 42.9 Å². The Bertz CT molecular complexity index is 940. The molecule has 1 aromatic heterocycles. The third-order valence-corrected chi connectivity index (χ3v) is 3.97. The van der Waals surface area contributed by atoms with Gasteiger partial charge in [-0.1, -0.05) is 18.2 Å². The molecule has 2 aromatic carbocycles. The van der Waals surface area contributed by atoms with Crippen molar-refractivity contribution in [2.75, 3.05) is 22.6 Å². The van der Waals surface area contributed by atoms with Crippen LogP contribution in [0, 0.1) is 0 Å². The summed E-state index contributed by atoms with van der Waals surface area (Å²) in [7, 11) is 1.94. The van der Waals surface area contributed by atoms with Crippen molar-refractivity contribution in [1.82, 2.24) is 4.98 Å². The molecule has 0 unspecified atom stereocenters. The average molecular weight is 360 g/mol. The van der Waals surface area contributed by atoms with E-state index in [9.17, 15) is 9.59 Å². The van der Waals surface area contributed by atoms with Crippen LogP contribution in [-0.4, -0.2) is 23.8 Å². The highest BCUT2D eigenvalue weighted by atomic mass is 16.2. The van der Waals surface area contributed by atoms with Gasteiger partial charge in [-0.25, -0.2) is 0 Å². The molecule has 0 spiro atoms. The van der Waals surface area contributed by atoms with Gasteiger partial charge >= 0.3 is 0 Å². The van der Waals surface area contributed by atoms with Gasteiger partial charge in [-0.3, -0.25) is 14.6 Å². The second-order valence-electron chi connectivity index (χ2n) is 6.01. The Morgan fingerprint density at radius 1 is 0.852 bits per heavy atom. The Labute approximate surface area is 157 Å². The molecule has 2 N–H and O–H groups in total. The van der Waals surface area contributed by atoms with Crippen LogP contribution in [0.25, 0.3) is 0 Å². The number of benzene rings is 2. The molecule has 0 aliphatic heterocycles. The molecule has 3 rings (SSSR count). The van der Waals surface area contributed by atoms with Gasteiger partial charge in [0.1, 0.15) is 5.69 Å². The van der Waals surface area contributed by atoms with Crippen molar-refractivity contribution in [3.63, 3.8) is 0 Å². The van der Waals surface area contributed by atoms with E-state index in [0.717, 1.165) is 11.4 Å². The summed E-state index contributed by atoms with van der Waals surface area (Å²) in [6.07, 6.45) is 1.61. The van der Waals surface area contributed by atoms with E-state index >= 15 is 0 Å². The molecular formula is C21H20N4O2. The predicted octanol–water partition coefficient (Wildman–Crippen LogP) is 4.06. The van der Waals surface area contributed by atoms with Crippen molar-refractivity contribution in [3.05, 3.63) is 78.6 Å². The van der Waals surface area contributed by atoms with E-state index in [2.05, 4.69) is 15.6 Å². The minimum Gasteiger partial charge on any atom is -0.345 e. The molecule has 6 nitrogen and oxygen atoms in total. The van der Waals surface area contributed by atoms with Crippen LogP contribution in [-0.2, 0) is 4.79 Å². The van der Waals surface area contributed by atoms with Crippen molar-refractivity contribution in [3.8, 4) is 0 Å². The molecule has 0 bridgehead atoms. The number of aromatic nitrogens is 1. The molecule has 27 heavy (non-hydrogen) atoms. The minimum atomic E-state index is -0.300. The summed E-state index contributed by atoms with van der Waals surface area (Å²) in [5.41, 5.74) is 3.50. The maximum absolute atomic E-state index is 12.5. The van der Waals surface area contributed by atoms with Crippen molar-refractivity contribution in [2.24, 2.45) is 0 Å². The Morgan fingerprint density at radius 2 is 1.48 bits per heavy atom. The second-order valence-corrected chi connectivity index (χ2v) is 6.01. The molecule has 0 saturated carbocycles. The van der Waals surface area contributed by atoms with Crippen LogP contribution in [0.3, 0.4) is 0 Å². The van der Waals surface area contributed by atoms with Gasteiger partial charge in [0.25, 0.3) is 5.91 Å². The van der Waals surface area contributed by atoms with Gasteiger partial charge in [-0.15, -0.1) is 0 Å². The van der Waals surface area contributed by atoms with Crippen molar-refractivity contribution in [1.29, 1.82) is 0 Å². The molecule has 0 fully saturated rings. The Morgan fingerprint density at radius 3 is 2.11 bits per heavy atom. The summed E-state index contributed by atoms with van der Waals surface area (Å²) in [4.78, 5) is 29.7. The third-order valence-electron chi connectivity index (χ3n) is 3.97. The van der Waals surface area contributed by atoms with Gasteiger partial charge in [0.05, 0.1) is 0 Å². The number of hydrogen-bond acceptors (Lipinski definition) is 4. The number of carbonyl (C=O) groups is 2. The molecule has 0 radical (unpaired) electrons. The van der Waals surface area contributed by atoms with Crippen LogP contribution in [0.2, 0.25) is 0 Å². The lowest BCUT2D eigenvalue weighted by molar-refractivity contribution is -0.114. The molecule has 0 aliphatic rings. The van der Waals surface area contributed by atoms with Crippen molar-refractivity contribution >= 4 is 34.6 Å². The molecule has 6 heteroatoms. The van der Waals surface area contributed by atoms with E-state index < -0.39 is 0 Å². The largest absolute Gasteiger partial charge is 0.345 e. The molecule has 136 valence electrons. The maximum Gasteiger partial charge on any atom is 0.274 e. The lowest BCUT2D eigenvalue weighted by Gasteiger charge is -2.19. The first-order valence-electron chi connectivity index (χ1n) is 8.47. The SMILES string of the molecule is CC(=O)Nc1ccc(NC(=O)c2cc(N(C)c3ccccc3)ccn2)cc1. The quantitative estimate of drug-likeness (QED) is 0.719. The number of carbonyl (C=O) groups excluding carboxylic acids is 2. The van der Waals surface area contributed by atoms with E-state index in [4.69, 9.17) is 0 Å². The molecule has 2 amide bonds. The lowest BCUT2D eigenvalue weighted by Crippen LogP contribution is -2.16. The number of nitrogens with one attached hydrogen (secondary N) is 2. The van der Waals surface area contributed by atoms with Crippen LogP contribution < -0.4 is 15.5 Å². The summed E-state index contributed by atoms with van der Waals surface area (Å²) in [5.74, 6) is -0.444. The third kappa shape index (κ3) is 4.70. The zero-order chi connectivity index (χ0) is 19.2. The highest BCUT2D eigenvalue weighted by Gasteiger charge is 2.11. The Hall–Kier alpha value is -3.67. The van der Waals surface area contributed by atoms with Gasteiger partial charge in [0.15, 0.2) is 0 Å². The first-order chi connectivity index (χ1) is 13.0. The average Bonchev–Trinajstić information content (AvgIpc) is 2.69.